The quantitative estimate of drug-likeness (QED) is 0.731. The van der Waals surface area contributed by atoms with Crippen LogP contribution in [0, 0.1) is 12.8 Å². The van der Waals surface area contributed by atoms with Crippen LogP contribution in [0.15, 0.2) is 18.2 Å². The number of carboxylic acid groups (broad SMARTS) is 1. The number of hydrogen-bond acceptors (Lipinski definition) is 3. The standard InChI is InChI=1S/C17H23N3O3/c1-10(2)9-13(17(22)23)19-15(21)8-7-14-18-12-6-4-5-11(3)16(12)20-14/h4-6,10,13H,7-9H2,1-3H3,(H,18,20)(H,19,21)(H,22,23)/t13-/m0/s1. The maximum Gasteiger partial charge on any atom is 0.326 e. The Hall–Kier alpha value is -2.37. The van der Waals surface area contributed by atoms with Crippen molar-refractivity contribution in [3.05, 3.63) is 29.6 Å². The van der Waals surface area contributed by atoms with Gasteiger partial charge < -0.3 is 15.4 Å². The van der Waals surface area contributed by atoms with Gasteiger partial charge in [-0.05, 0) is 30.9 Å². The lowest BCUT2D eigenvalue weighted by molar-refractivity contribution is -0.142. The summed E-state index contributed by atoms with van der Waals surface area (Å²) < 4.78 is 0. The largest absolute Gasteiger partial charge is 0.480 e. The number of aromatic nitrogens is 2. The fraction of sp³-hybridized carbons (Fsp3) is 0.471. The number of imidazole rings is 1. The molecule has 0 saturated carbocycles. The number of benzene rings is 1. The molecular weight excluding hydrogens is 294 g/mol. The molecule has 0 saturated heterocycles. The van der Waals surface area contributed by atoms with Crippen molar-refractivity contribution in [3.8, 4) is 0 Å². The fourth-order valence-electron chi connectivity index (χ4n) is 2.54. The summed E-state index contributed by atoms with van der Waals surface area (Å²) in [6.45, 7) is 5.85. The highest BCUT2D eigenvalue weighted by Crippen LogP contribution is 2.16. The average molecular weight is 317 g/mol. The summed E-state index contributed by atoms with van der Waals surface area (Å²) in [5.74, 6) is -0.323. The molecule has 2 rings (SSSR count). The summed E-state index contributed by atoms with van der Waals surface area (Å²) in [5, 5.41) is 11.7. The molecule has 1 heterocycles. The number of nitrogens with zero attached hydrogens (tertiary/aromatic N) is 1. The van der Waals surface area contributed by atoms with Crippen LogP contribution in [0.4, 0.5) is 0 Å². The topological polar surface area (TPSA) is 95.1 Å². The molecule has 2 aromatic rings. The molecule has 1 amide bonds. The highest BCUT2D eigenvalue weighted by atomic mass is 16.4. The Kier molecular flexibility index (Phi) is 5.36. The van der Waals surface area contributed by atoms with Crippen molar-refractivity contribution in [1.82, 2.24) is 15.3 Å². The maximum absolute atomic E-state index is 12.0. The first-order valence-corrected chi connectivity index (χ1v) is 7.83. The molecule has 0 spiro atoms. The number of aryl methyl sites for hydroxylation is 2. The van der Waals surface area contributed by atoms with Gasteiger partial charge in [0.15, 0.2) is 0 Å². The lowest BCUT2D eigenvalue weighted by atomic mass is 10.0. The molecule has 1 aromatic carbocycles. The number of aliphatic carboxylic acids is 1. The summed E-state index contributed by atoms with van der Waals surface area (Å²) >= 11 is 0. The van der Waals surface area contributed by atoms with E-state index in [0.717, 1.165) is 22.4 Å². The zero-order valence-electron chi connectivity index (χ0n) is 13.7. The molecule has 0 aliphatic carbocycles. The van der Waals surface area contributed by atoms with E-state index < -0.39 is 12.0 Å². The third-order valence-corrected chi connectivity index (χ3v) is 3.69. The molecule has 3 N–H and O–H groups in total. The summed E-state index contributed by atoms with van der Waals surface area (Å²) in [6, 6.07) is 5.06. The van der Waals surface area contributed by atoms with Gasteiger partial charge >= 0.3 is 5.97 Å². The molecular formula is C17H23N3O3. The number of aromatic amines is 1. The Labute approximate surface area is 135 Å². The number of para-hydroxylation sites is 1. The van der Waals surface area contributed by atoms with Gasteiger partial charge in [0.25, 0.3) is 0 Å². The molecule has 6 nitrogen and oxygen atoms in total. The molecule has 124 valence electrons. The lowest BCUT2D eigenvalue weighted by Gasteiger charge is -2.16. The van der Waals surface area contributed by atoms with Crippen LogP contribution in [-0.4, -0.2) is 33.0 Å². The number of rotatable bonds is 7. The van der Waals surface area contributed by atoms with Gasteiger partial charge in [0.05, 0.1) is 11.0 Å². The smallest absolute Gasteiger partial charge is 0.326 e. The van der Waals surface area contributed by atoms with Gasteiger partial charge in [-0.3, -0.25) is 4.79 Å². The van der Waals surface area contributed by atoms with E-state index in [1.165, 1.54) is 0 Å². The Bertz CT molecular complexity index is 706. The minimum atomic E-state index is -0.994. The highest BCUT2D eigenvalue weighted by Gasteiger charge is 2.21. The van der Waals surface area contributed by atoms with Crippen molar-refractivity contribution in [3.63, 3.8) is 0 Å². The molecule has 1 aromatic heterocycles. The van der Waals surface area contributed by atoms with Crippen LogP contribution < -0.4 is 5.32 Å². The molecule has 0 fully saturated rings. The van der Waals surface area contributed by atoms with Crippen LogP contribution in [0.2, 0.25) is 0 Å². The van der Waals surface area contributed by atoms with Gasteiger partial charge in [-0.1, -0.05) is 26.0 Å². The van der Waals surface area contributed by atoms with Crippen LogP contribution in [0.5, 0.6) is 0 Å². The van der Waals surface area contributed by atoms with E-state index in [9.17, 15) is 9.59 Å². The van der Waals surface area contributed by atoms with Gasteiger partial charge in [0.2, 0.25) is 5.91 Å². The third-order valence-electron chi connectivity index (χ3n) is 3.69. The average Bonchev–Trinajstić information content (AvgIpc) is 2.88. The van der Waals surface area contributed by atoms with Crippen LogP contribution >= 0.6 is 0 Å². The molecule has 0 aliphatic rings. The van der Waals surface area contributed by atoms with Gasteiger partial charge in [-0.25, -0.2) is 9.78 Å². The predicted octanol–water partition coefficient (Wildman–Crippen LogP) is 2.42. The molecule has 0 radical (unpaired) electrons. The van der Waals surface area contributed by atoms with Gasteiger partial charge in [0, 0.05) is 12.8 Å². The van der Waals surface area contributed by atoms with E-state index in [0.29, 0.717) is 12.8 Å². The van der Waals surface area contributed by atoms with Crippen LogP contribution in [-0.2, 0) is 16.0 Å². The summed E-state index contributed by atoms with van der Waals surface area (Å²) in [4.78, 5) is 30.8. The Morgan fingerprint density at radius 1 is 1.35 bits per heavy atom. The van der Waals surface area contributed by atoms with E-state index in [-0.39, 0.29) is 18.2 Å². The van der Waals surface area contributed by atoms with Crippen molar-refractivity contribution in [1.29, 1.82) is 0 Å². The van der Waals surface area contributed by atoms with E-state index in [1.807, 2.05) is 39.0 Å². The van der Waals surface area contributed by atoms with Crippen molar-refractivity contribution >= 4 is 22.9 Å². The highest BCUT2D eigenvalue weighted by molar-refractivity contribution is 5.83. The number of fused-ring (bicyclic) bond motifs is 1. The number of carbonyl (C=O) groups is 2. The molecule has 23 heavy (non-hydrogen) atoms. The lowest BCUT2D eigenvalue weighted by Crippen LogP contribution is -2.41. The first-order chi connectivity index (χ1) is 10.9. The Morgan fingerprint density at radius 2 is 2.09 bits per heavy atom. The summed E-state index contributed by atoms with van der Waals surface area (Å²) in [7, 11) is 0. The number of amides is 1. The SMILES string of the molecule is Cc1cccc2[nH]c(CCC(=O)N[C@@H](CC(C)C)C(=O)O)nc12. The minimum Gasteiger partial charge on any atom is -0.480 e. The van der Waals surface area contributed by atoms with Gasteiger partial charge in [-0.2, -0.15) is 0 Å². The minimum absolute atomic E-state index is 0.203. The molecule has 0 aliphatic heterocycles. The van der Waals surface area contributed by atoms with Crippen molar-refractivity contribution < 1.29 is 14.7 Å². The monoisotopic (exact) mass is 317 g/mol. The van der Waals surface area contributed by atoms with Crippen molar-refractivity contribution in [2.45, 2.75) is 46.1 Å². The second-order valence-corrected chi connectivity index (χ2v) is 6.24. The zero-order chi connectivity index (χ0) is 17.0. The first kappa shape index (κ1) is 17.0. The van der Waals surface area contributed by atoms with E-state index in [1.54, 1.807) is 0 Å². The number of carbonyl (C=O) groups excluding carboxylic acids is 1. The zero-order valence-corrected chi connectivity index (χ0v) is 13.7. The molecule has 0 unspecified atom stereocenters. The van der Waals surface area contributed by atoms with E-state index in [2.05, 4.69) is 15.3 Å². The van der Waals surface area contributed by atoms with Gasteiger partial charge in [0.1, 0.15) is 11.9 Å². The first-order valence-electron chi connectivity index (χ1n) is 7.83. The number of hydrogen-bond donors (Lipinski definition) is 3. The second kappa shape index (κ2) is 7.26. The molecule has 6 heteroatoms. The summed E-state index contributed by atoms with van der Waals surface area (Å²) in [5.41, 5.74) is 2.94. The summed E-state index contributed by atoms with van der Waals surface area (Å²) in [6.07, 6.45) is 1.08. The fourth-order valence-corrected chi connectivity index (χ4v) is 2.54. The Balaban J connectivity index is 1.94. The number of carboxylic acids is 1. The van der Waals surface area contributed by atoms with Crippen LogP contribution in [0.1, 0.15) is 38.1 Å². The molecule has 1 atom stereocenters. The Morgan fingerprint density at radius 3 is 2.70 bits per heavy atom. The van der Waals surface area contributed by atoms with Gasteiger partial charge in [-0.15, -0.1) is 0 Å². The molecule has 0 bridgehead atoms. The number of H-pyrrole nitrogens is 1. The van der Waals surface area contributed by atoms with E-state index in [4.69, 9.17) is 5.11 Å². The third kappa shape index (κ3) is 4.55. The van der Waals surface area contributed by atoms with Crippen LogP contribution in [0.25, 0.3) is 11.0 Å². The predicted molar refractivity (Wildman–Crippen MR) is 88.2 cm³/mol. The second-order valence-electron chi connectivity index (χ2n) is 6.24. The van der Waals surface area contributed by atoms with Crippen LogP contribution in [0.3, 0.4) is 0 Å². The van der Waals surface area contributed by atoms with Crippen molar-refractivity contribution in [2.24, 2.45) is 5.92 Å². The van der Waals surface area contributed by atoms with Crippen molar-refractivity contribution in [2.75, 3.05) is 0 Å². The number of nitrogens with one attached hydrogen (secondary N) is 2. The normalized spacial score (nSPS) is 12.5. The maximum atomic E-state index is 12.0. The van der Waals surface area contributed by atoms with E-state index >= 15 is 0 Å².